The minimum absolute atomic E-state index is 0.200. The van der Waals surface area contributed by atoms with E-state index >= 15 is 0 Å². The van der Waals surface area contributed by atoms with E-state index in [0.717, 1.165) is 18.3 Å². The first-order chi connectivity index (χ1) is 13.5. The van der Waals surface area contributed by atoms with Crippen molar-refractivity contribution in [3.63, 3.8) is 0 Å². The summed E-state index contributed by atoms with van der Waals surface area (Å²) in [5.74, 6) is -0.352. The molecule has 0 aromatic heterocycles. The van der Waals surface area contributed by atoms with Gasteiger partial charge >= 0.3 is 5.97 Å². The molecule has 0 spiro atoms. The second-order valence-electron chi connectivity index (χ2n) is 6.37. The van der Waals surface area contributed by atoms with Crippen LogP contribution in [0.25, 0.3) is 0 Å². The van der Waals surface area contributed by atoms with E-state index in [4.69, 9.17) is 9.47 Å². The van der Waals surface area contributed by atoms with E-state index in [1.165, 1.54) is 6.92 Å². The Morgan fingerprint density at radius 1 is 1.07 bits per heavy atom. The molecule has 0 aliphatic carbocycles. The first-order valence-corrected chi connectivity index (χ1v) is 9.23. The van der Waals surface area contributed by atoms with E-state index in [0.29, 0.717) is 17.9 Å². The molecule has 6 heteroatoms. The second-order valence-corrected chi connectivity index (χ2v) is 6.37. The van der Waals surface area contributed by atoms with Gasteiger partial charge in [0.2, 0.25) is 0 Å². The molecular formula is C22H25NO5. The van der Waals surface area contributed by atoms with Gasteiger partial charge < -0.3 is 14.8 Å². The number of nitrogens with one attached hydrogen (secondary N) is 1. The summed E-state index contributed by atoms with van der Waals surface area (Å²) in [6.07, 6.45) is 0.691. The quantitative estimate of drug-likeness (QED) is 0.504. The van der Waals surface area contributed by atoms with Gasteiger partial charge in [-0.15, -0.1) is 0 Å². The summed E-state index contributed by atoms with van der Waals surface area (Å²) in [5.41, 5.74) is 1.67. The summed E-state index contributed by atoms with van der Waals surface area (Å²) in [7, 11) is 0. The van der Waals surface area contributed by atoms with Crippen LogP contribution in [0.2, 0.25) is 0 Å². The molecule has 0 fully saturated rings. The average molecular weight is 383 g/mol. The van der Waals surface area contributed by atoms with Crippen LogP contribution in [0.1, 0.15) is 42.1 Å². The van der Waals surface area contributed by atoms with Gasteiger partial charge in [0.15, 0.2) is 12.7 Å². The Balaban J connectivity index is 1.75. The Kier molecular flexibility index (Phi) is 8.21. The van der Waals surface area contributed by atoms with Gasteiger partial charge in [0.1, 0.15) is 12.0 Å². The minimum atomic E-state index is -0.915. The maximum atomic E-state index is 12.2. The van der Waals surface area contributed by atoms with Crippen molar-refractivity contribution in [2.75, 3.05) is 13.2 Å². The number of hydrogen-bond acceptors (Lipinski definition) is 5. The van der Waals surface area contributed by atoms with Crippen molar-refractivity contribution < 1.29 is 23.9 Å². The van der Waals surface area contributed by atoms with Crippen molar-refractivity contribution in [1.29, 1.82) is 0 Å². The second kappa shape index (κ2) is 10.9. The molecule has 0 unspecified atom stereocenters. The van der Waals surface area contributed by atoms with Gasteiger partial charge in [0.25, 0.3) is 5.91 Å². The summed E-state index contributed by atoms with van der Waals surface area (Å²) >= 11 is 0. The highest BCUT2D eigenvalue weighted by Gasteiger charge is 2.19. The maximum absolute atomic E-state index is 12.2. The van der Waals surface area contributed by atoms with Gasteiger partial charge in [-0.25, -0.2) is 4.79 Å². The molecule has 1 N–H and O–H groups in total. The van der Waals surface area contributed by atoms with Crippen LogP contribution in [0.15, 0.2) is 54.6 Å². The number of amides is 1. The van der Waals surface area contributed by atoms with E-state index in [2.05, 4.69) is 12.2 Å². The van der Waals surface area contributed by atoms with Crippen LogP contribution in [0.3, 0.4) is 0 Å². The molecule has 2 aromatic rings. The number of carbonyl (C=O) groups excluding carboxylic acids is 3. The zero-order valence-electron chi connectivity index (χ0n) is 16.1. The lowest BCUT2D eigenvalue weighted by atomic mass is 9.96. The third-order valence-corrected chi connectivity index (χ3v) is 4.34. The third kappa shape index (κ3) is 6.54. The average Bonchev–Trinajstić information content (AvgIpc) is 2.73. The number of benzene rings is 2. The zero-order chi connectivity index (χ0) is 20.4. The molecule has 1 amide bonds. The number of hydrogen-bond donors (Lipinski definition) is 1. The molecule has 0 saturated heterocycles. The molecule has 2 aromatic carbocycles. The molecule has 0 radical (unpaired) electrons. The Hall–Kier alpha value is -3.15. The van der Waals surface area contributed by atoms with Gasteiger partial charge in [-0.2, -0.15) is 0 Å². The van der Waals surface area contributed by atoms with E-state index in [1.54, 1.807) is 24.3 Å². The Morgan fingerprint density at radius 3 is 2.36 bits per heavy atom. The fourth-order valence-corrected chi connectivity index (χ4v) is 2.66. The van der Waals surface area contributed by atoms with E-state index < -0.39 is 12.1 Å². The summed E-state index contributed by atoms with van der Waals surface area (Å²) in [5, 5.41) is 2.83. The summed E-state index contributed by atoms with van der Waals surface area (Å²) in [6.45, 7) is 3.74. The van der Waals surface area contributed by atoms with Crippen LogP contribution < -0.4 is 10.1 Å². The van der Waals surface area contributed by atoms with Gasteiger partial charge in [-0.05, 0) is 43.2 Å². The first kappa shape index (κ1) is 21.2. The van der Waals surface area contributed by atoms with Gasteiger partial charge in [0.05, 0.1) is 0 Å². The predicted octanol–water partition coefficient (Wildman–Crippen LogP) is 3.12. The fourth-order valence-electron chi connectivity index (χ4n) is 2.66. The lowest BCUT2D eigenvalue weighted by Gasteiger charge is -2.18. The van der Waals surface area contributed by atoms with Crippen LogP contribution in [0, 0.1) is 0 Å². The topological polar surface area (TPSA) is 81.7 Å². The highest BCUT2D eigenvalue weighted by Crippen LogP contribution is 2.18. The predicted molar refractivity (Wildman–Crippen MR) is 105 cm³/mol. The van der Waals surface area contributed by atoms with Crippen LogP contribution in [0.5, 0.6) is 5.75 Å². The SMILES string of the molecule is CC[C@@H](CNC(=O)[C@H](C)OC(=O)COc1ccc(C=O)cc1)c1ccccc1. The minimum Gasteiger partial charge on any atom is -0.482 e. The van der Waals surface area contributed by atoms with E-state index in [9.17, 15) is 14.4 Å². The van der Waals surface area contributed by atoms with Gasteiger partial charge in [0, 0.05) is 18.0 Å². The van der Waals surface area contributed by atoms with Crippen molar-refractivity contribution in [2.24, 2.45) is 0 Å². The zero-order valence-corrected chi connectivity index (χ0v) is 16.1. The van der Waals surface area contributed by atoms with E-state index in [-0.39, 0.29) is 18.4 Å². The monoisotopic (exact) mass is 383 g/mol. The lowest BCUT2D eigenvalue weighted by molar-refractivity contribution is -0.156. The summed E-state index contributed by atoms with van der Waals surface area (Å²) in [6, 6.07) is 16.3. The molecule has 0 bridgehead atoms. The molecular weight excluding hydrogens is 358 g/mol. The van der Waals surface area contributed by atoms with Crippen molar-refractivity contribution in [1.82, 2.24) is 5.32 Å². The highest BCUT2D eigenvalue weighted by molar-refractivity contribution is 5.83. The van der Waals surface area contributed by atoms with Crippen molar-refractivity contribution in [2.45, 2.75) is 32.3 Å². The maximum Gasteiger partial charge on any atom is 0.344 e. The fraction of sp³-hybridized carbons (Fsp3) is 0.318. The first-order valence-electron chi connectivity index (χ1n) is 9.23. The normalized spacial score (nSPS) is 12.5. The van der Waals surface area contributed by atoms with Gasteiger partial charge in [-0.1, -0.05) is 37.3 Å². The Morgan fingerprint density at radius 2 is 1.75 bits per heavy atom. The smallest absolute Gasteiger partial charge is 0.344 e. The number of rotatable bonds is 10. The van der Waals surface area contributed by atoms with Crippen LogP contribution >= 0.6 is 0 Å². The molecule has 28 heavy (non-hydrogen) atoms. The number of esters is 1. The van der Waals surface area contributed by atoms with Crippen molar-refractivity contribution in [3.8, 4) is 5.75 Å². The molecule has 148 valence electrons. The third-order valence-electron chi connectivity index (χ3n) is 4.34. The summed E-state index contributed by atoms with van der Waals surface area (Å²) in [4.78, 5) is 34.7. The molecule has 0 heterocycles. The van der Waals surface area contributed by atoms with Crippen LogP contribution in [0.4, 0.5) is 0 Å². The highest BCUT2D eigenvalue weighted by atomic mass is 16.6. The molecule has 0 saturated carbocycles. The Bertz CT molecular complexity index is 773. The number of ether oxygens (including phenoxy) is 2. The van der Waals surface area contributed by atoms with Crippen LogP contribution in [-0.2, 0) is 14.3 Å². The Labute approximate surface area is 164 Å². The molecule has 0 aliphatic heterocycles. The standard InChI is InChI=1S/C22H25NO5/c1-3-18(19-7-5-4-6-8-19)13-23-22(26)16(2)28-21(25)15-27-20-11-9-17(14-24)10-12-20/h4-12,14,16,18H,3,13,15H2,1-2H3,(H,23,26)/t16-,18-/m0/s1. The number of aldehydes is 1. The lowest BCUT2D eigenvalue weighted by Crippen LogP contribution is -2.38. The molecule has 0 aliphatic rings. The van der Waals surface area contributed by atoms with E-state index in [1.807, 2.05) is 30.3 Å². The van der Waals surface area contributed by atoms with Crippen molar-refractivity contribution >= 4 is 18.2 Å². The molecule has 2 atom stereocenters. The van der Waals surface area contributed by atoms with Crippen LogP contribution in [-0.4, -0.2) is 37.4 Å². The molecule has 2 rings (SSSR count). The summed E-state index contributed by atoms with van der Waals surface area (Å²) < 4.78 is 10.4. The molecule has 6 nitrogen and oxygen atoms in total. The van der Waals surface area contributed by atoms with Gasteiger partial charge in [-0.3, -0.25) is 9.59 Å². The number of carbonyl (C=O) groups is 3. The largest absolute Gasteiger partial charge is 0.482 e. The van der Waals surface area contributed by atoms with Crippen molar-refractivity contribution in [3.05, 3.63) is 65.7 Å².